The maximum Gasteiger partial charge on any atom is 0.409 e. The second kappa shape index (κ2) is 6.75. The molecule has 1 atom stereocenters. The molecular formula is C13H23N3O3. The van der Waals surface area contributed by atoms with Gasteiger partial charge in [0.05, 0.1) is 6.61 Å². The SMILES string of the molecule is CCOC(=O)N1CCN(C(=O)CC2CCCN2)CC1. The van der Waals surface area contributed by atoms with Gasteiger partial charge in [-0.25, -0.2) is 4.79 Å². The van der Waals surface area contributed by atoms with Gasteiger partial charge in [0.2, 0.25) is 5.91 Å². The molecule has 0 bridgehead atoms. The van der Waals surface area contributed by atoms with Crippen LogP contribution in [0.1, 0.15) is 26.2 Å². The maximum absolute atomic E-state index is 12.1. The predicted molar refractivity (Wildman–Crippen MR) is 70.8 cm³/mol. The molecule has 0 saturated carbocycles. The van der Waals surface area contributed by atoms with Crippen LogP contribution in [0, 0.1) is 0 Å². The number of piperazine rings is 1. The van der Waals surface area contributed by atoms with Crippen molar-refractivity contribution < 1.29 is 14.3 Å². The van der Waals surface area contributed by atoms with Gasteiger partial charge in [0.15, 0.2) is 0 Å². The summed E-state index contributed by atoms with van der Waals surface area (Å²) < 4.78 is 4.96. The minimum Gasteiger partial charge on any atom is -0.450 e. The van der Waals surface area contributed by atoms with E-state index in [1.807, 2.05) is 4.90 Å². The number of nitrogens with one attached hydrogen (secondary N) is 1. The highest BCUT2D eigenvalue weighted by molar-refractivity contribution is 5.77. The Kier molecular flexibility index (Phi) is 5.01. The van der Waals surface area contributed by atoms with Gasteiger partial charge in [-0.1, -0.05) is 0 Å². The lowest BCUT2D eigenvalue weighted by atomic mass is 10.1. The zero-order valence-electron chi connectivity index (χ0n) is 11.6. The van der Waals surface area contributed by atoms with Crippen LogP contribution in [-0.2, 0) is 9.53 Å². The van der Waals surface area contributed by atoms with Crippen molar-refractivity contribution >= 4 is 12.0 Å². The maximum atomic E-state index is 12.1. The monoisotopic (exact) mass is 269 g/mol. The van der Waals surface area contributed by atoms with Crippen LogP contribution in [0.15, 0.2) is 0 Å². The summed E-state index contributed by atoms with van der Waals surface area (Å²) in [6.07, 6.45) is 2.56. The van der Waals surface area contributed by atoms with Crippen LogP contribution in [0.5, 0.6) is 0 Å². The Labute approximate surface area is 114 Å². The van der Waals surface area contributed by atoms with E-state index < -0.39 is 0 Å². The molecule has 2 fully saturated rings. The van der Waals surface area contributed by atoms with E-state index in [0.717, 1.165) is 19.4 Å². The van der Waals surface area contributed by atoms with Crippen molar-refractivity contribution in [2.24, 2.45) is 0 Å². The first-order valence-corrected chi connectivity index (χ1v) is 7.13. The van der Waals surface area contributed by atoms with Crippen molar-refractivity contribution in [1.29, 1.82) is 0 Å². The van der Waals surface area contributed by atoms with Crippen LogP contribution in [0.25, 0.3) is 0 Å². The lowest BCUT2D eigenvalue weighted by Gasteiger charge is -2.34. The number of hydrogen-bond donors (Lipinski definition) is 1. The molecule has 2 aliphatic rings. The number of ether oxygens (including phenoxy) is 1. The summed E-state index contributed by atoms with van der Waals surface area (Å²) in [5.41, 5.74) is 0. The Balaban J connectivity index is 1.72. The van der Waals surface area contributed by atoms with Gasteiger partial charge in [-0.2, -0.15) is 0 Å². The van der Waals surface area contributed by atoms with Gasteiger partial charge < -0.3 is 19.9 Å². The zero-order valence-corrected chi connectivity index (χ0v) is 11.6. The summed E-state index contributed by atoms with van der Waals surface area (Å²) >= 11 is 0. The summed E-state index contributed by atoms with van der Waals surface area (Å²) in [6.45, 7) is 5.59. The topological polar surface area (TPSA) is 61.9 Å². The Hall–Kier alpha value is -1.30. The molecule has 0 aromatic rings. The van der Waals surface area contributed by atoms with Crippen molar-refractivity contribution in [3.05, 3.63) is 0 Å². The van der Waals surface area contributed by atoms with Crippen molar-refractivity contribution in [3.63, 3.8) is 0 Å². The molecule has 2 aliphatic heterocycles. The van der Waals surface area contributed by atoms with E-state index in [1.54, 1.807) is 11.8 Å². The first-order chi connectivity index (χ1) is 9.20. The largest absolute Gasteiger partial charge is 0.450 e. The van der Waals surface area contributed by atoms with Gasteiger partial charge in [0, 0.05) is 38.6 Å². The number of rotatable bonds is 3. The third-order valence-electron chi connectivity index (χ3n) is 3.74. The molecule has 1 unspecified atom stereocenters. The average Bonchev–Trinajstić information content (AvgIpc) is 2.92. The molecule has 0 radical (unpaired) electrons. The molecule has 1 N–H and O–H groups in total. The predicted octanol–water partition coefficient (Wildman–Crippen LogP) is 0.429. The molecular weight excluding hydrogens is 246 g/mol. The summed E-state index contributed by atoms with van der Waals surface area (Å²) in [5.74, 6) is 0.197. The molecule has 6 nitrogen and oxygen atoms in total. The molecule has 0 aromatic heterocycles. The first kappa shape index (κ1) is 14.1. The average molecular weight is 269 g/mol. The molecule has 6 heteroatoms. The van der Waals surface area contributed by atoms with Crippen molar-refractivity contribution in [2.75, 3.05) is 39.3 Å². The van der Waals surface area contributed by atoms with Crippen molar-refractivity contribution in [3.8, 4) is 0 Å². The highest BCUT2D eigenvalue weighted by atomic mass is 16.6. The van der Waals surface area contributed by atoms with Gasteiger partial charge in [-0.15, -0.1) is 0 Å². The molecule has 0 spiro atoms. The fourth-order valence-electron chi connectivity index (χ4n) is 2.62. The van der Waals surface area contributed by atoms with Gasteiger partial charge in [0.1, 0.15) is 0 Å². The number of nitrogens with zero attached hydrogens (tertiary/aromatic N) is 2. The highest BCUT2D eigenvalue weighted by Gasteiger charge is 2.26. The molecule has 0 aliphatic carbocycles. The van der Waals surface area contributed by atoms with Crippen LogP contribution in [0.3, 0.4) is 0 Å². The Morgan fingerprint density at radius 1 is 1.21 bits per heavy atom. The van der Waals surface area contributed by atoms with E-state index in [4.69, 9.17) is 4.74 Å². The van der Waals surface area contributed by atoms with Gasteiger partial charge in [0.25, 0.3) is 0 Å². The van der Waals surface area contributed by atoms with Crippen LogP contribution in [0.2, 0.25) is 0 Å². The summed E-state index contributed by atoms with van der Waals surface area (Å²) in [5, 5.41) is 3.34. The number of carbonyl (C=O) groups is 2. The Bertz CT molecular complexity index is 321. The molecule has 2 saturated heterocycles. The van der Waals surface area contributed by atoms with E-state index in [-0.39, 0.29) is 12.0 Å². The Morgan fingerprint density at radius 3 is 2.47 bits per heavy atom. The number of amides is 2. The van der Waals surface area contributed by atoms with Gasteiger partial charge >= 0.3 is 6.09 Å². The first-order valence-electron chi connectivity index (χ1n) is 7.13. The lowest BCUT2D eigenvalue weighted by Crippen LogP contribution is -2.51. The smallest absolute Gasteiger partial charge is 0.409 e. The van der Waals surface area contributed by atoms with E-state index in [2.05, 4.69) is 5.32 Å². The lowest BCUT2D eigenvalue weighted by molar-refractivity contribution is -0.133. The van der Waals surface area contributed by atoms with E-state index in [1.165, 1.54) is 0 Å². The van der Waals surface area contributed by atoms with Gasteiger partial charge in [-0.3, -0.25) is 4.79 Å². The second-order valence-corrected chi connectivity index (χ2v) is 5.06. The van der Waals surface area contributed by atoms with Crippen LogP contribution in [0.4, 0.5) is 4.79 Å². The molecule has 0 aromatic carbocycles. The molecule has 2 heterocycles. The molecule has 2 rings (SSSR count). The summed E-state index contributed by atoms with van der Waals surface area (Å²) in [6, 6.07) is 0.343. The summed E-state index contributed by atoms with van der Waals surface area (Å²) in [4.78, 5) is 27.2. The molecule has 19 heavy (non-hydrogen) atoms. The number of hydrogen-bond acceptors (Lipinski definition) is 4. The standard InChI is InChI=1S/C13H23N3O3/c1-2-19-13(18)16-8-6-15(7-9-16)12(17)10-11-4-3-5-14-11/h11,14H,2-10H2,1H3. The third-order valence-corrected chi connectivity index (χ3v) is 3.74. The molecule has 2 amide bonds. The number of carbonyl (C=O) groups excluding carboxylic acids is 2. The van der Waals surface area contributed by atoms with E-state index in [0.29, 0.717) is 45.2 Å². The third kappa shape index (κ3) is 3.83. The minimum absolute atomic E-state index is 0.197. The van der Waals surface area contributed by atoms with E-state index >= 15 is 0 Å². The Morgan fingerprint density at radius 2 is 1.89 bits per heavy atom. The second-order valence-electron chi connectivity index (χ2n) is 5.06. The van der Waals surface area contributed by atoms with Crippen LogP contribution >= 0.6 is 0 Å². The van der Waals surface area contributed by atoms with Crippen LogP contribution < -0.4 is 5.32 Å². The van der Waals surface area contributed by atoms with Gasteiger partial charge in [-0.05, 0) is 26.3 Å². The van der Waals surface area contributed by atoms with Crippen molar-refractivity contribution in [2.45, 2.75) is 32.2 Å². The zero-order chi connectivity index (χ0) is 13.7. The van der Waals surface area contributed by atoms with Crippen molar-refractivity contribution in [1.82, 2.24) is 15.1 Å². The van der Waals surface area contributed by atoms with Crippen LogP contribution in [-0.4, -0.2) is 67.2 Å². The fourth-order valence-corrected chi connectivity index (χ4v) is 2.62. The fraction of sp³-hybridized carbons (Fsp3) is 0.846. The molecule has 108 valence electrons. The van der Waals surface area contributed by atoms with E-state index in [9.17, 15) is 9.59 Å². The summed E-state index contributed by atoms with van der Waals surface area (Å²) in [7, 11) is 0. The quantitative estimate of drug-likeness (QED) is 0.807. The minimum atomic E-state index is -0.271. The highest BCUT2D eigenvalue weighted by Crippen LogP contribution is 2.12. The normalized spacial score (nSPS) is 23.5.